The van der Waals surface area contributed by atoms with E-state index in [9.17, 15) is 14.4 Å². The van der Waals surface area contributed by atoms with Gasteiger partial charge < -0.3 is 9.80 Å². The Bertz CT molecular complexity index is 1210. The fourth-order valence-electron chi connectivity index (χ4n) is 4.93. The summed E-state index contributed by atoms with van der Waals surface area (Å²) < 4.78 is 0. The van der Waals surface area contributed by atoms with Crippen molar-refractivity contribution < 1.29 is 14.4 Å². The first-order chi connectivity index (χ1) is 16.5. The number of benzene rings is 2. The Hall–Kier alpha value is -3.45. The standard InChI is InChI=1S/C27H27N3O3S/c1-28(16-19-8-3-2-4-9-19)25(31)20-10-6-14-29(17-20)23-13-5-12-22-24(23)27(33)30(26(22)32)18-21-11-7-15-34-21/h2-5,7-9,11-13,15,20H,6,10,14,16-18H2,1H3/t20-/m0/s1. The maximum absolute atomic E-state index is 13.3. The molecule has 0 radical (unpaired) electrons. The van der Waals surface area contributed by atoms with Gasteiger partial charge in [0.15, 0.2) is 0 Å². The molecule has 0 unspecified atom stereocenters. The molecule has 174 valence electrons. The summed E-state index contributed by atoms with van der Waals surface area (Å²) in [4.78, 5) is 45.8. The van der Waals surface area contributed by atoms with E-state index in [2.05, 4.69) is 4.90 Å². The van der Waals surface area contributed by atoms with E-state index in [-0.39, 0.29) is 30.2 Å². The van der Waals surface area contributed by atoms with Crippen LogP contribution in [0, 0.1) is 5.92 Å². The number of hydrogen-bond acceptors (Lipinski definition) is 5. The molecule has 5 rings (SSSR count). The molecule has 1 saturated heterocycles. The lowest BCUT2D eigenvalue weighted by Crippen LogP contribution is -2.44. The molecule has 3 heterocycles. The highest BCUT2D eigenvalue weighted by Gasteiger charge is 2.39. The molecule has 7 heteroatoms. The molecule has 1 atom stereocenters. The molecule has 6 nitrogen and oxygen atoms in total. The van der Waals surface area contributed by atoms with Crippen LogP contribution in [0.1, 0.15) is 44.0 Å². The predicted molar refractivity (Wildman–Crippen MR) is 133 cm³/mol. The van der Waals surface area contributed by atoms with E-state index in [1.807, 2.05) is 67.0 Å². The molecular weight excluding hydrogens is 446 g/mol. The first-order valence-corrected chi connectivity index (χ1v) is 12.5. The fourth-order valence-corrected chi connectivity index (χ4v) is 5.62. The normalized spacial score (nSPS) is 17.7. The van der Waals surface area contributed by atoms with Crippen molar-refractivity contribution in [2.24, 2.45) is 5.92 Å². The van der Waals surface area contributed by atoms with E-state index < -0.39 is 0 Å². The number of fused-ring (bicyclic) bond motifs is 1. The SMILES string of the molecule is CN(Cc1ccccc1)C(=O)[C@H]1CCCN(c2cccc3c2C(=O)N(Cc2cccs2)C3=O)C1. The van der Waals surface area contributed by atoms with E-state index in [4.69, 9.17) is 0 Å². The molecule has 0 spiro atoms. The van der Waals surface area contributed by atoms with Crippen LogP contribution in [0.4, 0.5) is 5.69 Å². The van der Waals surface area contributed by atoms with Crippen LogP contribution in [0.25, 0.3) is 0 Å². The number of carbonyl (C=O) groups is 3. The second-order valence-electron chi connectivity index (χ2n) is 8.94. The molecular formula is C27H27N3O3S. The fraction of sp³-hybridized carbons (Fsp3) is 0.296. The Kier molecular flexibility index (Phi) is 6.20. The molecule has 1 fully saturated rings. The van der Waals surface area contributed by atoms with Crippen molar-refractivity contribution in [3.63, 3.8) is 0 Å². The van der Waals surface area contributed by atoms with Gasteiger partial charge >= 0.3 is 0 Å². The van der Waals surface area contributed by atoms with Crippen molar-refractivity contribution >= 4 is 34.7 Å². The van der Waals surface area contributed by atoms with Gasteiger partial charge in [0.2, 0.25) is 5.91 Å². The first-order valence-electron chi connectivity index (χ1n) is 11.6. The summed E-state index contributed by atoms with van der Waals surface area (Å²) in [5, 5.41) is 1.94. The van der Waals surface area contributed by atoms with Crippen LogP contribution in [-0.2, 0) is 17.9 Å². The van der Waals surface area contributed by atoms with Crippen molar-refractivity contribution in [1.29, 1.82) is 0 Å². The zero-order valence-corrected chi connectivity index (χ0v) is 20.0. The molecule has 0 saturated carbocycles. The lowest BCUT2D eigenvalue weighted by atomic mass is 9.94. The van der Waals surface area contributed by atoms with Crippen molar-refractivity contribution in [3.05, 3.63) is 87.6 Å². The second kappa shape index (κ2) is 9.43. The summed E-state index contributed by atoms with van der Waals surface area (Å²) in [6, 6.07) is 19.3. The highest BCUT2D eigenvalue weighted by Crippen LogP contribution is 2.35. The van der Waals surface area contributed by atoms with E-state index in [0.29, 0.717) is 24.2 Å². The largest absolute Gasteiger partial charge is 0.370 e. The van der Waals surface area contributed by atoms with Gasteiger partial charge in [-0.05, 0) is 42.0 Å². The second-order valence-corrected chi connectivity index (χ2v) is 9.97. The average molecular weight is 474 g/mol. The van der Waals surface area contributed by atoms with E-state index in [0.717, 1.165) is 35.5 Å². The number of nitrogens with zero attached hydrogens (tertiary/aromatic N) is 3. The van der Waals surface area contributed by atoms with Gasteiger partial charge in [-0.15, -0.1) is 11.3 Å². The summed E-state index contributed by atoms with van der Waals surface area (Å²) in [5.74, 6) is -0.531. The average Bonchev–Trinajstić information content (AvgIpc) is 3.47. The van der Waals surface area contributed by atoms with Gasteiger partial charge in [0, 0.05) is 31.6 Å². The number of piperidine rings is 1. The lowest BCUT2D eigenvalue weighted by molar-refractivity contribution is -0.135. The topological polar surface area (TPSA) is 60.9 Å². The third kappa shape index (κ3) is 4.23. The first kappa shape index (κ1) is 22.3. The van der Waals surface area contributed by atoms with E-state index >= 15 is 0 Å². The van der Waals surface area contributed by atoms with Gasteiger partial charge in [-0.3, -0.25) is 19.3 Å². The van der Waals surface area contributed by atoms with Crippen LogP contribution in [0.15, 0.2) is 66.0 Å². The Morgan fingerprint density at radius 1 is 1.03 bits per heavy atom. The van der Waals surface area contributed by atoms with Gasteiger partial charge in [-0.25, -0.2) is 0 Å². The Morgan fingerprint density at radius 3 is 2.62 bits per heavy atom. The van der Waals surface area contributed by atoms with Gasteiger partial charge in [-0.1, -0.05) is 42.5 Å². The number of imide groups is 1. The number of thiophene rings is 1. The molecule has 2 aliphatic heterocycles. The molecule has 0 bridgehead atoms. The Morgan fingerprint density at radius 2 is 1.85 bits per heavy atom. The van der Waals surface area contributed by atoms with E-state index in [1.165, 1.54) is 16.2 Å². The number of amides is 3. The van der Waals surface area contributed by atoms with Gasteiger partial charge in [0.25, 0.3) is 11.8 Å². The molecule has 34 heavy (non-hydrogen) atoms. The molecule has 1 aromatic heterocycles. The number of hydrogen-bond donors (Lipinski definition) is 0. The monoisotopic (exact) mass is 473 g/mol. The third-order valence-electron chi connectivity index (χ3n) is 6.62. The third-order valence-corrected chi connectivity index (χ3v) is 7.48. The zero-order valence-electron chi connectivity index (χ0n) is 19.1. The van der Waals surface area contributed by atoms with Crippen molar-refractivity contribution in [2.75, 3.05) is 25.0 Å². The van der Waals surface area contributed by atoms with Crippen LogP contribution in [-0.4, -0.2) is 47.7 Å². The molecule has 2 aliphatic rings. The smallest absolute Gasteiger partial charge is 0.264 e. The minimum atomic E-state index is -0.251. The Labute approximate surface area is 203 Å². The van der Waals surface area contributed by atoms with Gasteiger partial charge in [0.05, 0.1) is 29.3 Å². The molecule has 3 aromatic rings. The highest BCUT2D eigenvalue weighted by atomic mass is 32.1. The van der Waals surface area contributed by atoms with Gasteiger partial charge in [0.1, 0.15) is 0 Å². The minimum absolute atomic E-state index is 0.114. The number of rotatable bonds is 6. The summed E-state index contributed by atoms with van der Waals surface area (Å²) in [6.07, 6.45) is 1.68. The summed E-state index contributed by atoms with van der Waals surface area (Å²) >= 11 is 1.53. The maximum Gasteiger partial charge on any atom is 0.264 e. The summed E-state index contributed by atoms with van der Waals surface area (Å²) in [5.41, 5.74) is 2.78. The van der Waals surface area contributed by atoms with Crippen molar-refractivity contribution in [3.8, 4) is 0 Å². The molecule has 3 amide bonds. The molecule has 0 aliphatic carbocycles. The van der Waals surface area contributed by atoms with Crippen LogP contribution in [0.3, 0.4) is 0 Å². The zero-order chi connectivity index (χ0) is 23.7. The van der Waals surface area contributed by atoms with Crippen LogP contribution < -0.4 is 4.90 Å². The quantitative estimate of drug-likeness (QED) is 0.498. The van der Waals surface area contributed by atoms with Crippen molar-refractivity contribution in [1.82, 2.24) is 9.80 Å². The molecule has 0 N–H and O–H groups in total. The van der Waals surface area contributed by atoms with E-state index in [1.54, 1.807) is 11.0 Å². The minimum Gasteiger partial charge on any atom is -0.370 e. The number of anilines is 1. The Balaban J connectivity index is 1.34. The molecule has 2 aromatic carbocycles. The van der Waals surface area contributed by atoms with Crippen LogP contribution >= 0.6 is 11.3 Å². The van der Waals surface area contributed by atoms with Gasteiger partial charge in [-0.2, -0.15) is 0 Å². The summed E-state index contributed by atoms with van der Waals surface area (Å²) in [7, 11) is 1.85. The highest BCUT2D eigenvalue weighted by molar-refractivity contribution is 7.09. The van der Waals surface area contributed by atoms with Crippen LogP contribution in [0.2, 0.25) is 0 Å². The number of carbonyl (C=O) groups excluding carboxylic acids is 3. The summed E-state index contributed by atoms with van der Waals surface area (Å²) in [6.45, 7) is 2.16. The maximum atomic E-state index is 13.3. The van der Waals surface area contributed by atoms with Crippen molar-refractivity contribution in [2.45, 2.75) is 25.9 Å². The van der Waals surface area contributed by atoms with Crippen LogP contribution in [0.5, 0.6) is 0 Å². The lowest BCUT2D eigenvalue weighted by Gasteiger charge is -2.36. The predicted octanol–water partition coefficient (Wildman–Crippen LogP) is 4.42.